The van der Waals surface area contributed by atoms with Crippen LogP contribution in [0.1, 0.15) is 10.4 Å². The zero-order valence-corrected chi connectivity index (χ0v) is 10.8. The Morgan fingerprint density at radius 1 is 1.35 bits per heavy atom. The summed E-state index contributed by atoms with van der Waals surface area (Å²) in [7, 11) is 1.33. The molecule has 0 radical (unpaired) electrons. The van der Waals surface area contributed by atoms with Crippen molar-refractivity contribution >= 4 is 35.3 Å². The summed E-state index contributed by atoms with van der Waals surface area (Å²) in [5.41, 5.74) is 0.581. The van der Waals surface area contributed by atoms with Crippen LogP contribution in [0.2, 0.25) is 0 Å². The zero-order chi connectivity index (χ0) is 12.7. The number of carbonyl (C=O) groups excluding carboxylic acids is 2. The summed E-state index contributed by atoms with van der Waals surface area (Å²) in [4.78, 5) is 23.0. The number of hydrogen-bond donors (Lipinski definition) is 1. The molecule has 6 heteroatoms. The van der Waals surface area contributed by atoms with Gasteiger partial charge in [-0.3, -0.25) is 9.59 Å². The predicted octanol–water partition coefficient (Wildman–Crippen LogP) is 1.88. The third-order valence-corrected chi connectivity index (χ3v) is 2.97. The lowest BCUT2D eigenvalue weighted by Gasteiger charge is -2.03. The summed E-state index contributed by atoms with van der Waals surface area (Å²) in [6, 6.07) is 6.98. The van der Waals surface area contributed by atoms with E-state index in [-0.39, 0.29) is 24.2 Å². The van der Waals surface area contributed by atoms with Crippen molar-refractivity contribution in [1.82, 2.24) is 4.72 Å². The number of ketones is 1. The largest absolute Gasteiger partial charge is 0.468 e. The lowest BCUT2D eigenvalue weighted by atomic mass is 10.1. The fourth-order valence-corrected chi connectivity index (χ4v) is 1.82. The Balaban J connectivity index is 2.46. The average molecular weight is 274 g/mol. The number of methoxy groups -OCH3 is 1. The number of halogens is 1. The molecule has 0 atom stereocenters. The van der Waals surface area contributed by atoms with Crippen LogP contribution in [0.15, 0.2) is 29.2 Å². The molecule has 0 heterocycles. The molecule has 0 fully saturated rings. The molecule has 0 aliphatic carbocycles. The number of carbonyl (C=O) groups is 2. The van der Waals surface area contributed by atoms with Gasteiger partial charge in [-0.1, -0.05) is 12.1 Å². The molecule has 0 unspecified atom stereocenters. The first-order valence-electron chi connectivity index (χ1n) is 4.83. The van der Waals surface area contributed by atoms with Gasteiger partial charge in [-0.15, -0.1) is 11.6 Å². The predicted molar refractivity (Wildman–Crippen MR) is 67.4 cm³/mol. The van der Waals surface area contributed by atoms with Gasteiger partial charge in [0.2, 0.25) is 0 Å². The molecule has 0 spiro atoms. The maximum Gasteiger partial charge on any atom is 0.320 e. The van der Waals surface area contributed by atoms with Crippen LogP contribution < -0.4 is 4.72 Å². The smallest absolute Gasteiger partial charge is 0.320 e. The van der Waals surface area contributed by atoms with E-state index in [2.05, 4.69) is 9.46 Å². The molecule has 0 aliphatic rings. The normalized spacial score (nSPS) is 10.0. The van der Waals surface area contributed by atoms with Crippen LogP contribution in [0, 0.1) is 0 Å². The lowest BCUT2D eigenvalue weighted by Crippen LogP contribution is -2.17. The van der Waals surface area contributed by atoms with E-state index in [0.717, 1.165) is 4.90 Å². The number of hydrogen-bond acceptors (Lipinski definition) is 5. The minimum atomic E-state index is -0.327. The van der Waals surface area contributed by atoms with Crippen molar-refractivity contribution in [2.45, 2.75) is 4.90 Å². The SMILES string of the molecule is COC(=O)CNSc1ccc(C(=O)CCl)cc1. The van der Waals surface area contributed by atoms with Gasteiger partial charge in [-0.2, -0.15) is 0 Å². The number of Topliss-reactive ketones (excluding diaryl/α,β-unsaturated/α-hetero) is 1. The van der Waals surface area contributed by atoms with Gasteiger partial charge in [-0.05, 0) is 24.1 Å². The maximum absolute atomic E-state index is 11.3. The molecule has 0 amide bonds. The molecule has 17 heavy (non-hydrogen) atoms. The van der Waals surface area contributed by atoms with Crippen molar-refractivity contribution in [3.05, 3.63) is 29.8 Å². The third kappa shape index (κ3) is 4.77. The van der Waals surface area contributed by atoms with Crippen LogP contribution in [-0.4, -0.2) is 31.3 Å². The van der Waals surface area contributed by atoms with E-state index in [0.29, 0.717) is 5.56 Å². The van der Waals surface area contributed by atoms with Gasteiger partial charge >= 0.3 is 5.97 Å². The van der Waals surface area contributed by atoms with Crippen LogP contribution >= 0.6 is 23.5 Å². The first-order valence-corrected chi connectivity index (χ1v) is 6.18. The van der Waals surface area contributed by atoms with E-state index in [1.165, 1.54) is 19.1 Å². The van der Waals surface area contributed by atoms with Crippen molar-refractivity contribution in [2.24, 2.45) is 0 Å². The Hall–Kier alpha value is -1.04. The number of nitrogens with one attached hydrogen (secondary N) is 1. The van der Waals surface area contributed by atoms with Crippen LogP contribution in [0.3, 0.4) is 0 Å². The van der Waals surface area contributed by atoms with E-state index < -0.39 is 0 Å². The van der Waals surface area contributed by atoms with Crippen molar-refractivity contribution in [2.75, 3.05) is 19.5 Å². The van der Waals surface area contributed by atoms with Crippen LogP contribution in [0.25, 0.3) is 0 Å². The summed E-state index contributed by atoms with van der Waals surface area (Å²) in [5, 5.41) is 0. The van der Waals surface area contributed by atoms with Crippen LogP contribution in [0.5, 0.6) is 0 Å². The maximum atomic E-state index is 11.3. The molecule has 92 valence electrons. The summed E-state index contributed by atoms with van der Waals surface area (Å²) < 4.78 is 7.33. The Morgan fingerprint density at radius 2 is 2.00 bits per heavy atom. The molecule has 0 aliphatic heterocycles. The molecule has 0 bridgehead atoms. The highest BCUT2D eigenvalue weighted by Crippen LogP contribution is 2.15. The third-order valence-electron chi connectivity index (χ3n) is 1.93. The van der Waals surface area contributed by atoms with Crippen LogP contribution in [-0.2, 0) is 9.53 Å². The lowest BCUT2D eigenvalue weighted by molar-refractivity contribution is -0.139. The minimum absolute atomic E-state index is 0.0208. The molecule has 1 aromatic rings. The fourth-order valence-electron chi connectivity index (χ4n) is 1.04. The summed E-state index contributed by atoms with van der Waals surface area (Å²) in [6.07, 6.45) is 0. The van der Waals surface area contributed by atoms with E-state index in [1.807, 2.05) is 0 Å². The second-order valence-electron chi connectivity index (χ2n) is 3.08. The Morgan fingerprint density at radius 3 is 2.53 bits per heavy atom. The summed E-state index contributed by atoms with van der Waals surface area (Å²) in [5.74, 6) is -0.454. The average Bonchev–Trinajstić information content (AvgIpc) is 2.38. The first kappa shape index (κ1) is 14.0. The van der Waals surface area contributed by atoms with E-state index in [9.17, 15) is 9.59 Å². The molecule has 4 nitrogen and oxygen atoms in total. The van der Waals surface area contributed by atoms with E-state index in [4.69, 9.17) is 11.6 Å². The van der Waals surface area contributed by atoms with Crippen LogP contribution in [0.4, 0.5) is 0 Å². The highest BCUT2D eigenvalue weighted by atomic mass is 35.5. The fraction of sp³-hybridized carbons (Fsp3) is 0.273. The second kappa shape index (κ2) is 7.32. The van der Waals surface area contributed by atoms with Gasteiger partial charge in [0.25, 0.3) is 0 Å². The molecule has 0 saturated carbocycles. The highest BCUT2D eigenvalue weighted by Gasteiger charge is 2.04. The summed E-state index contributed by atoms with van der Waals surface area (Å²) in [6.45, 7) is 0.129. The topological polar surface area (TPSA) is 55.4 Å². The highest BCUT2D eigenvalue weighted by molar-refractivity contribution is 7.97. The van der Waals surface area contributed by atoms with Crippen molar-refractivity contribution in [3.63, 3.8) is 0 Å². The number of rotatable bonds is 6. The number of alkyl halides is 1. The molecule has 1 rings (SSSR count). The molecule has 0 aromatic heterocycles. The second-order valence-corrected chi connectivity index (χ2v) is 4.31. The van der Waals surface area contributed by atoms with Crippen molar-refractivity contribution in [3.8, 4) is 0 Å². The molecule has 1 N–H and O–H groups in total. The first-order chi connectivity index (χ1) is 8.17. The van der Waals surface area contributed by atoms with Gasteiger partial charge < -0.3 is 4.74 Å². The van der Waals surface area contributed by atoms with Gasteiger partial charge in [0, 0.05) is 10.5 Å². The number of ether oxygens (including phenoxy) is 1. The quantitative estimate of drug-likeness (QED) is 0.371. The molecular weight excluding hydrogens is 262 g/mol. The van der Waals surface area contributed by atoms with E-state index >= 15 is 0 Å². The summed E-state index contributed by atoms with van der Waals surface area (Å²) >= 11 is 6.74. The molecular formula is C11H12ClNO3S. The molecule has 1 aromatic carbocycles. The van der Waals surface area contributed by atoms with Crippen molar-refractivity contribution in [1.29, 1.82) is 0 Å². The van der Waals surface area contributed by atoms with Gasteiger partial charge in [0.05, 0.1) is 13.0 Å². The Labute approximate surface area is 109 Å². The van der Waals surface area contributed by atoms with Crippen molar-refractivity contribution < 1.29 is 14.3 Å². The molecule has 0 saturated heterocycles. The number of esters is 1. The monoisotopic (exact) mass is 273 g/mol. The van der Waals surface area contributed by atoms with Gasteiger partial charge in [0.1, 0.15) is 6.54 Å². The Kier molecular flexibility index (Phi) is 6.04. The van der Waals surface area contributed by atoms with E-state index in [1.54, 1.807) is 24.3 Å². The standard InChI is InChI=1S/C11H12ClNO3S/c1-16-11(15)7-13-17-9-4-2-8(3-5-9)10(14)6-12/h2-5,13H,6-7H2,1H3. The minimum Gasteiger partial charge on any atom is -0.468 e. The van der Waals surface area contributed by atoms with Gasteiger partial charge in [0.15, 0.2) is 5.78 Å². The Bertz CT molecular complexity index is 394. The number of benzene rings is 1. The van der Waals surface area contributed by atoms with Gasteiger partial charge in [-0.25, -0.2) is 4.72 Å². The zero-order valence-electron chi connectivity index (χ0n) is 9.23.